The lowest BCUT2D eigenvalue weighted by Crippen LogP contribution is -2.18. The lowest BCUT2D eigenvalue weighted by atomic mass is 10.1. The topological polar surface area (TPSA) is 133 Å². The molecule has 5 N–H and O–H groups in total. The molecule has 3 aromatic heterocycles. The second kappa shape index (κ2) is 9.10. The summed E-state index contributed by atoms with van der Waals surface area (Å²) in [5.74, 6) is -0.419. The van der Waals surface area contributed by atoms with Crippen LogP contribution in [0.3, 0.4) is 0 Å². The SMILES string of the molecule is NCCc1ccc(-c2cnc(N)c(C(=O)Nc3cnccc3-c3cccnc3)n2)cc1. The van der Waals surface area contributed by atoms with E-state index in [0.29, 0.717) is 17.9 Å². The molecule has 0 atom stereocenters. The summed E-state index contributed by atoms with van der Waals surface area (Å²) in [5, 5.41) is 2.85. The number of nitrogens with zero attached hydrogens (tertiary/aromatic N) is 4. The van der Waals surface area contributed by atoms with Gasteiger partial charge in [-0.05, 0) is 30.7 Å². The fourth-order valence-corrected chi connectivity index (χ4v) is 3.16. The van der Waals surface area contributed by atoms with Crippen molar-refractivity contribution in [2.45, 2.75) is 6.42 Å². The van der Waals surface area contributed by atoms with Crippen molar-refractivity contribution in [1.82, 2.24) is 19.9 Å². The molecule has 0 saturated heterocycles. The average Bonchev–Trinajstić information content (AvgIpc) is 2.81. The van der Waals surface area contributed by atoms with E-state index in [1.807, 2.05) is 36.4 Å². The van der Waals surface area contributed by atoms with Crippen molar-refractivity contribution in [2.24, 2.45) is 5.73 Å². The highest BCUT2D eigenvalue weighted by Crippen LogP contribution is 2.27. The third-order valence-electron chi connectivity index (χ3n) is 4.74. The van der Waals surface area contributed by atoms with Gasteiger partial charge in [-0.3, -0.25) is 14.8 Å². The van der Waals surface area contributed by atoms with Crippen LogP contribution in [0.2, 0.25) is 0 Å². The lowest BCUT2D eigenvalue weighted by molar-refractivity contribution is 0.102. The molecule has 0 radical (unpaired) electrons. The second-order valence-electron chi connectivity index (χ2n) is 6.84. The first kappa shape index (κ1) is 20.1. The first-order valence-electron chi connectivity index (χ1n) is 9.73. The fourth-order valence-electron chi connectivity index (χ4n) is 3.16. The van der Waals surface area contributed by atoms with Crippen molar-refractivity contribution in [2.75, 3.05) is 17.6 Å². The molecule has 0 fully saturated rings. The molecule has 8 heteroatoms. The van der Waals surface area contributed by atoms with Gasteiger partial charge in [-0.2, -0.15) is 0 Å². The highest BCUT2D eigenvalue weighted by Gasteiger charge is 2.17. The number of pyridine rings is 2. The maximum Gasteiger partial charge on any atom is 0.278 e. The Morgan fingerprint density at radius 3 is 2.48 bits per heavy atom. The third kappa shape index (κ3) is 4.54. The molecule has 0 aliphatic heterocycles. The van der Waals surface area contributed by atoms with Gasteiger partial charge in [0.2, 0.25) is 0 Å². The maximum absolute atomic E-state index is 13.0. The van der Waals surface area contributed by atoms with Gasteiger partial charge in [0, 0.05) is 35.3 Å². The van der Waals surface area contributed by atoms with Crippen molar-refractivity contribution in [3.05, 3.63) is 84.7 Å². The Morgan fingerprint density at radius 1 is 0.935 bits per heavy atom. The largest absolute Gasteiger partial charge is 0.382 e. The van der Waals surface area contributed by atoms with E-state index >= 15 is 0 Å². The predicted molar refractivity (Wildman–Crippen MR) is 120 cm³/mol. The van der Waals surface area contributed by atoms with Crippen LogP contribution in [0.1, 0.15) is 16.1 Å². The molecular formula is C23H21N7O. The van der Waals surface area contributed by atoms with Crippen LogP contribution in [0.15, 0.2) is 73.4 Å². The minimum absolute atomic E-state index is 0.0459. The number of hydrogen-bond donors (Lipinski definition) is 3. The van der Waals surface area contributed by atoms with Crippen molar-refractivity contribution in [1.29, 1.82) is 0 Å². The molecule has 0 aliphatic carbocycles. The van der Waals surface area contributed by atoms with Crippen LogP contribution >= 0.6 is 0 Å². The summed E-state index contributed by atoms with van der Waals surface area (Å²) in [6, 6.07) is 13.4. The Bertz CT molecular complexity index is 1190. The van der Waals surface area contributed by atoms with E-state index in [9.17, 15) is 4.79 Å². The van der Waals surface area contributed by atoms with E-state index in [4.69, 9.17) is 11.5 Å². The Labute approximate surface area is 179 Å². The molecule has 0 bridgehead atoms. The molecule has 3 heterocycles. The number of nitrogens with one attached hydrogen (secondary N) is 1. The normalized spacial score (nSPS) is 10.6. The molecule has 4 aromatic rings. The van der Waals surface area contributed by atoms with Crippen LogP contribution < -0.4 is 16.8 Å². The van der Waals surface area contributed by atoms with E-state index in [1.54, 1.807) is 37.1 Å². The molecular weight excluding hydrogens is 390 g/mol. The number of nitrogen functional groups attached to an aromatic ring is 1. The number of rotatable bonds is 6. The van der Waals surface area contributed by atoms with E-state index in [-0.39, 0.29) is 11.5 Å². The van der Waals surface area contributed by atoms with Crippen molar-refractivity contribution in [3.63, 3.8) is 0 Å². The summed E-state index contributed by atoms with van der Waals surface area (Å²) >= 11 is 0. The molecule has 31 heavy (non-hydrogen) atoms. The summed E-state index contributed by atoms with van der Waals surface area (Å²) in [7, 11) is 0. The number of aromatic nitrogens is 4. The summed E-state index contributed by atoms with van der Waals surface area (Å²) in [6.45, 7) is 0.584. The van der Waals surface area contributed by atoms with Crippen LogP contribution in [0.5, 0.6) is 0 Å². The van der Waals surface area contributed by atoms with Crippen LogP contribution in [0, 0.1) is 0 Å². The van der Waals surface area contributed by atoms with E-state index in [0.717, 1.165) is 28.7 Å². The van der Waals surface area contributed by atoms with Crippen molar-refractivity contribution < 1.29 is 4.79 Å². The zero-order chi connectivity index (χ0) is 21.6. The molecule has 1 aromatic carbocycles. The molecule has 0 spiro atoms. The number of benzene rings is 1. The van der Waals surface area contributed by atoms with Crippen LogP contribution in [0.25, 0.3) is 22.4 Å². The van der Waals surface area contributed by atoms with Gasteiger partial charge in [0.05, 0.1) is 23.8 Å². The van der Waals surface area contributed by atoms with Crippen molar-refractivity contribution >= 4 is 17.4 Å². The number of carbonyl (C=O) groups is 1. The smallest absolute Gasteiger partial charge is 0.278 e. The molecule has 4 rings (SSSR count). The fraction of sp³-hybridized carbons (Fsp3) is 0.0870. The standard InChI is InChI=1S/C23H21N7O/c24-9-7-15-3-5-16(6-4-15)19-14-28-22(25)21(29-19)23(31)30-20-13-27-11-8-18(20)17-2-1-10-26-12-17/h1-6,8,10-14H,7,9,24H2,(H2,25,28)(H,30,31). The van der Waals surface area contributed by atoms with Gasteiger partial charge in [0.1, 0.15) is 0 Å². The first-order chi connectivity index (χ1) is 15.2. The summed E-state index contributed by atoms with van der Waals surface area (Å²) in [5.41, 5.74) is 16.3. The molecule has 0 aliphatic rings. The number of hydrogen-bond acceptors (Lipinski definition) is 7. The van der Waals surface area contributed by atoms with Gasteiger partial charge >= 0.3 is 0 Å². The van der Waals surface area contributed by atoms with Crippen LogP contribution in [0.4, 0.5) is 11.5 Å². The van der Waals surface area contributed by atoms with Gasteiger partial charge < -0.3 is 16.8 Å². The van der Waals surface area contributed by atoms with E-state index < -0.39 is 5.91 Å². The van der Waals surface area contributed by atoms with Gasteiger partial charge in [-0.1, -0.05) is 30.3 Å². The van der Waals surface area contributed by atoms with Gasteiger partial charge in [0.25, 0.3) is 5.91 Å². The Hall–Kier alpha value is -4.17. The molecule has 154 valence electrons. The zero-order valence-corrected chi connectivity index (χ0v) is 16.7. The quantitative estimate of drug-likeness (QED) is 0.444. The lowest BCUT2D eigenvalue weighted by Gasteiger charge is -2.12. The van der Waals surface area contributed by atoms with E-state index in [1.165, 1.54) is 0 Å². The molecule has 0 saturated carbocycles. The summed E-state index contributed by atoms with van der Waals surface area (Å²) in [6.07, 6.45) is 8.98. The zero-order valence-electron chi connectivity index (χ0n) is 16.7. The molecule has 0 unspecified atom stereocenters. The second-order valence-corrected chi connectivity index (χ2v) is 6.84. The minimum Gasteiger partial charge on any atom is -0.382 e. The molecule has 1 amide bonds. The summed E-state index contributed by atoms with van der Waals surface area (Å²) in [4.78, 5) is 29.9. The van der Waals surface area contributed by atoms with Crippen LogP contribution in [-0.4, -0.2) is 32.4 Å². The van der Waals surface area contributed by atoms with E-state index in [2.05, 4.69) is 25.3 Å². The highest BCUT2D eigenvalue weighted by molar-refractivity contribution is 6.07. The Morgan fingerprint density at radius 2 is 1.74 bits per heavy atom. The van der Waals surface area contributed by atoms with Gasteiger partial charge in [-0.15, -0.1) is 0 Å². The number of carbonyl (C=O) groups excluding carboxylic acids is 1. The highest BCUT2D eigenvalue weighted by atomic mass is 16.1. The monoisotopic (exact) mass is 411 g/mol. The maximum atomic E-state index is 13.0. The third-order valence-corrected chi connectivity index (χ3v) is 4.74. The first-order valence-corrected chi connectivity index (χ1v) is 9.73. The van der Waals surface area contributed by atoms with Gasteiger partial charge in [-0.25, -0.2) is 9.97 Å². The Balaban J connectivity index is 1.62. The molecule has 8 nitrogen and oxygen atoms in total. The minimum atomic E-state index is -0.468. The summed E-state index contributed by atoms with van der Waals surface area (Å²) < 4.78 is 0. The number of nitrogens with two attached hydrogens (primary N) is 2. The Kier molecular flexibility index (Phi) is 5.91. The van der Waals surface area contributed by atoms with Crippen LogP contribution in [-0.2, 0) is 6.42 Å². The number of anilines is 2. The predicted octanol–water partition coefficient (Wildman–Crippen LogP) is 2.94. The number of amides is 1. The average molecular weight is 411 g/mol. The van der Waals surface area contributed by atoms with Crippen molar-refractivity contribution in [3.8, 4) is 22.4 Å². The van der Waals surface area contributed by atoms with Gasteiger partial charge in [0.15, 0.2) is 11.5 Å².